The van der Waals surface area contributed by atoms with Crippen LogP contribution in [0.4, 0.5) is 24.5 Å². The molecule has 0 bridgehead atoms. The van der Waals surface area contributed by atoms with E-state index in [-0.39, 0.29) is 40.9 Å². The fraction of sp³-hybridized carbons (Fsp3) is 0.235. The number of methoxy groups -OCH3 is 1. The summed E-state index contributed by atoms with van der Waals surface area (Å²) in [5, 5.41) is 12.8. The predicted octanol–water partition coefficient (Wildman–Crippen LogP) is 4.54. The molecule has 0 fully saturated rings. The normalized spacial score (nSPS) is 11.2. The van der Waals surface area contributed by atoms with Crippen molar-refractivity contribution in [3.8, 4) is 5.75 Å². The molecule has 0 aliphatic rings. The lowest BCUT2D eigenvalue weighted by molar-refractivity contribution is -0.384. The average Bonchev–Trinajstić information content (AvgIpc) is 2.61. The van der Waals surface area contributed by atoms with Crippen LogP contribution >= 0.6 is 11.6 Å². The Bertz CT molecular complexity index is 890. The van der Waals surface area contributed by atoms with E-state index < -0.39 is 22.6 Å². The summed E-state index contributed by atoms with van der Waals surface area (Å²) in [7, 11) is 1.43. The Labute approximate surface area is 162 Å². The Hall–Kier alpha value is -2.85. The molecule has 7 nitrogen and oxygen atoms in total. The third kappa shape index (κ3) is 5.33. The number of nitrogens with one attached hydrogen (secondary N) is 1. The molecule has 0 heterocycles. The van der Waals surface area contributed by atoms with Gasteiger partial charge in [-0.25, -0.2) is 0 Å². The lowest BCUT2D eigenvalue weighted by atomic mass is 10.1. The smallest absolute Gasteiger partial charge is 0.416 e. The molecule has 0 saturated carbocycles. The number of halogens is 4. The average molecular weight is 419 g/mol. The van der Waals surface area contributed by atoms with Crippen molar-refractivity contribution < 1.29 is 32.4 Å². The second-order valence-electron chi connectivity index (χ2n) is 5.43. The maximum atomic E-state index is 13.0. The number of rotatable bonds is 7. The summed E-state index contributed by atoms with van der Waals surface area (Å²) in [4.78, 5) is 22.5. The molecule has 11 heteroatoms. The molecular formula is C17H14ClF3N2O5. The second-order valence-corrected chi connectivity index (χ2v) is 5.83. The molecule has 0 aliphatic carbocycles. The van der Waals surface area contributed by atoms with Gasteiger partial charge in [0.1, 0.15) is 12.4 Å². The topological polar surface area (TPSA) is 90.7 Å². The van der Waals surface area contributed by atoms with Crippen LogP contribution in [0.15, 0.2) is 36.4 Å². The highest BCUT2D eigenvalue weighted by Crippen LogP contribution is 2.35. The number of hydrogen-bond acceptors (Lipinski definition) is 5. The third-order valence-corrected chi connectivity index (χ3v) is 3.82. The van der Waals surface area contributed by atoms with Crippen LogP contribution in [-0.4, -0.2) is 31.2 Å². The molecule has 1 amide bonds. The van der Waals surface area contributed by atoms with Gasteiger partial charge in [0, 0.05) is 19.2 Å². The zero-order valence-electron chi connectivity index (χ0n) is 14.4. The van der Waals surface area contributed by atoms with E-state index in [2.05, 4.69) is 5.32 Å². The summed E-state index contributed by atoms with van der Waals surface area (Å²) in [6, 6.07) is 5.75. The number of nitro groups is 1. The highest BCUT2D eigenvalue weighted by molar-refractivity contribution is 6.34. The molecular weight excluding hydrogens is 405 g/mol. The van der Waals surface area contributed by atoms with Crippen molar-refractivity contribution in [1.82, 2.24) is 0 Å². The SMILES string of the molecule is COCCOc1ccc(C(F)(F)F)cc1NC(=O)c1ccc([N+](=O)[O-])cc1Cl. The lowest BCUT2D eigenvalue weighted by Gasteiger charge is -2.15. The Balaban J connectivity index is 2.33. The Kier molecular flexibility index (Phi) is 6.81. The number of amides is 1. The molecule has 2 aromatic rings. The highest BCUT2D eigenvalue weighted by atomic mass is 35.5. The summed E-state index contributed by atoms with van der Waals surface area (Å²) in [6.45, 7) is 0.228. The van der Waals surface area contributed by atoms with Crippen LogP contribution in [-0.2, 0) is 10.9 Å². The predicted molar refractivity (Wildman–Crippen MR) is 94.9 cm³/mol. The monoisotopic (exact) mass is 418 g/mol. The van der Waals surface area contributed by atoms with Gasteiger partial charge in [0.05, 0.1) is 33.4 Å². The van der Waals surface area contributed by atoms with E-state index in [1.165, 1.54) is 7.11 Å². The highest BCUT2D eigenvalue weighted by Gasteiger charge is 2.31. The molecule has 2 aromatic carbocycles. The van der Waals surface area contributed by atoms with Gasteiger partial charge in [0.2, 0.25) is 0 Å². The van der Waals surface area contributed by atoms with Crippen molar-refractivity contribution in [2.75, 3.05) is 25.6 Å². The van der Waals surface area contributed by atoms with Crippen LogP contribution in [0.25, 0.3) is 0 Å². The van der Waals surface area contributed by atoms with Crippen LogP contribution in [0.1, 0.15) is 15.9 Å². The first-order valence-electron chi connectivity index (χ1n) is 7.71. The van der Waals surface area contributed by atoms with Crippen molar-refractivity contribution in [3.63, 3.8) is 0 Å². The molecule has 28 heavy (non-hydrogen) atoms. The van der Waals surface area contributed by atoms with Crippen LogP contribution in [0.2, 0.25) is 5.02 Å². The number of anilines is 1. The van der Waals surface area contributed by atoms with Crippen molar-refractivity contribution in [2.24, 2.45) is 0 Å². The number of carbonyl (C=O) groups excluding carboxylic acids is 1. The third-order valence-electron chi connectivity index (χ3n) is 3.51. The Morgan fingerprint density at radius 3 is 2.50 bits per heavy atom. The largest absolute Gasteiger partial charge is 0.489 e. The maximum absolute atomic E-state index is 13.0. The van der Waals surface area contributed by atoms with Gasteiger partial charge in [0.15, 0.2) is 0 Å². The number of alkyl halides is 3. The van der Waals surface area contributed by atoms with Crippen molar-refractivity contribution >= 4 is 28.9 Å². The van der Waals surface area contributed by atoms with E-state index in [9.17, 15) is 28.1 Å². The molecule has 2 rings (SSSR count). The van der Waals surface area contributed by atoms with Crippen LogP contribution < -0.4 is 10.1 Å². The molecule has 150 valence electrons. The number of benzene rings is 2. The minimum atomic E-state index is -4.63. The summed E-state index contributed by atoms with van der Waals surface area (Å²) in [5.74, 6) is -0.854. The standard InChI is InChI=1S/C17H14ClF3N2O5/c1-27-6-7-28-15-5-2-10(17(19,20)21)8-14(15)22-16(24)12-4-3-11(23(25)26)9-13(12)18/h2-5,8-9H,6-7H2,1H3,(H,22,24). The van der Waals surface area contributed by atoms with Crippen LogP contribution in [0.5, 0.6) is 5.75 Å². The fourth-order valence-electron chi connectivity index (χ4n) is 2.16. The fourth-order valence-corrected chi connectivity index (χ4v) is 2.42. The van der Waals surface area contributed by atoms with Crippen molar-refractivity contribution in [2.45, 2.75) is 6.18 Å². The summed E-state index contributed by atoms with van der Waals surface area (Å²) in [6.07, 6.45) is -4.63. The lowest BCUT2D eigenvalue weighted by Crippen LogP contribution is -2.16. The molecule has 0 radical (unpaired) electrons. The van der Waals surface area contributed by atoms with E-state index in [1.54, 1.807) is 0 Å². The van der Waals surface area contributed by atoms with Gasteiger partial charge < -0.3 is 14.8 Å². The molecule has 0 spiro atoms. The molecule has 0 aromatic heterocycles. The van der Waals surface area contributed by atoms with E-state index in [0.29, 0.717) is 0 Å². The first-order valence-corrected chi connectivity index (χ1v) is 8.09. The van der Waals surface area contributed by atoms with E-state index in [1.807, 2.05) is 0 Å². The van der Waals surface area contributed by atoms with Gasteiger partial charge in [-0.3, -0.25) is 14.9 Å². The number of non-ortho nitro benzene ring substituents is 1. The van der Waals surface area contributed by atoms with E-state index >= 15 is 0 Å². The van der Waals surface area contributed by atoms with Gasteiger partial charge in [-0.15, -0.1) is 0 Å². The second kappa shape index (κ2) is 8.89. The number of nitro benzene ring substituents is 1. The van der Waals surface area contributed by atoms with Crippen LogP contribution in [0.3, 0.4) is 0 Å². The van der Waals surface area contributed by atoms with Crippen molar-refractivity contribution in [1.29, 1.82) is 0 Å². The maximum Gasteiger partial charge on any atom is 0.416 e. The van der Waals surface area contributed by atoms with Gasteiger partial charge in [-0.1, -0.05) is 11.6 Å². The summed E-state index contributed by atoms with van der Waals surface area (Å²) < 4.78 is 49.1. The Morgan fingerprint density at radius 1 is 1.21 bits per heavy atom. The summed E-state index contributed by atoms with van der Waals surface area (Å²) >= 11 is 5.89. The van der Waals surface area contributed by atoms with E-state index in [0.717, 1.165) is 36.4 Å². The zero-order chi connectivity index (χ0) is 20.9. The number of carbonyl (C=O) groups is 1. The molecule has 0 aliphatic heterocycles. The number of ether oxygens (including phenoxy) is 2. The van der Waals surface area contributed by atoms with Crippen LogP contribution in [0, 0.1) is 10.1 Å². The van der Waals surface area contributed by atoms with Gasteiger partial charge >= 0.3 is 6.18 Å². The van der Waals surface area contributed by atoms with Gasteiger partial charge in [-0.05, 0) is 24.3 Å². The quantitative estimate of drug-likeness (QED) is 0.405. The Morgan fingerprint density at radius 2 is 1.93 bits per heavy atom. The van der Waals surface area contributed by atoms with Gasteiger partial charge in [-0.2, -0.15) is 13.2 Å². The zero-order valence-corrected chi connectivity index (χ0v) is 15.1. The first kappa shape index (κ1) is 21.5. The minimum absolute atomic E-state index is 0.00330. The van der Waals surface area contributed by atoms with Crippen molar-refractivity contribution in [3.05, 3.63) is 62.7 Å². The van der Waals surface area contributed by atoms with Gasteiger partial charge in [0.25, 0.3) is 11.6 Å². The molecule has 0 unspecified atom stereocenters. The molecule has 0 atom stereocenters. The minimum Gasteiger partial charge on any atom is -0.489 e. The number of nitrogens with zero attached hydrogens (tertiary/aromatic N) is 1. The summed E-state index contributed by atoms with van der Waals surface area (Å²) in [5.41, 5.74) is -1.70. The first-order chi connectivity index (χ1) is 13.1. The number of hydrogen-bond donors (Lipinski definition) is 1. The van der Waals surface area contributed by atoms with E-state index in [4.69, 9.17) is 21.1 Å². The molecule has 0 saturated heterocycles. The molecule has 1 N–H and O–H groups in total.